The van der Waals surface area contributed by atoms with Gasteiger partial charge in [0.05, 0.1) is 18.1 Å². The van der Waals surface area contributed by atoms with Crippen LogP contribution >= 0.6 is 0 Å². The number of aliphatic carboxylic acids is 1. The molecule has 0 aromatic heterocycles. The summed E-state index contributed by atoms with van der Waals surface area (Å²) in [6.07, 6.45) is 4.31. The van der Waals surface area contributed by atoms with Gasteiger partial charge in [0.25, 0.3) is 0 Å². The quantitative estimate of drug-likeness (QED) is 0.809. The molecule has 2 rings (SSSR count). The molecule has 1 aromatic rings. The van der Waals surface area contributed by atoms with Gasteiger partial charge in [0, 0.05) is 12.1 Å². The molecule has 1 aliphatic rings. The van der Waals surface area contributed by atoms with Gasteiger partial charge in [-0.15, -0.1) is 0 Å². The summed E-state index contributed by atoms with van der Waals surface area (Å²) in [5.74, 6) is -1.23. The molecule has 5 nitrogen and oxygen atoms in total. The van der Waals surface area contributed by atoms with Crippen LogP contribution in [0.15, 0.2) is 24.3 Å². The van der Waals surface area contributed by atoms with Crippen LogP contribution in [0, 0.1) is 5.92 Å². The zero-order valence-corrected chi connectivity index (χ0v) is 13.7. The van der Waals surface area contributed by atoms with Gasteiger partial charge in [0.15, 0.2) is 0 Å². The summed E-state index contributed by atoms with van der Waals surface area (Å²) < 4.78 is 5.71. The number of carbonyl (C=O) groups excluding carboxylic acids is 1. The van der Waals surface area contributed by atoms with Crippen molar-refractivity contribution in [3.8, 4) is 0 Å². The van der Waals surface area contributed by atoms with E-state index in [4.69, 9.17) is 9.84 Å². The lowest BCUT2D eigenvalue weighted by molar-refractivity contribution is -0.141. The maximum atomic E-state index is 12.0. The van der Waals surface area contributed by atoms with Crippen molar-refractivity contribution in [3.63, 3.8) is 0 Å². The first kappa shape index (κ1) is 17.5. The highest BCUT2D eigenvalue weighted by Gasteiger charge is 2.22. The normalized spacial score (nSPS) is 21.8. The fourth-order valence-corrected chi connectivity index (χ4v) is 2.78. The lowest BCUT2D eigenvalue weighted by Gasteiger charge is -2.11. The van der Waals surface area contributed by atoms with E-state index < -0.39 is 11.9 Å². The number of carbonyl (C=O) groups is 2. The van der Waals surface area contributed by atoms with Crippen LogP contribution in [0.3, 0.4) is 0 Å². The maximum Gasteiger partial charge on any atom is 0.306 e. The number of amides is 1. The molecule has 126 valence electrons. The maximum absolute atomic E-state index is 12.0. The number of nitrogens with one attached hydrogen (secondary N) is 1. The third-order valence-corrected chi connectivity index (χ3v) is 4.21. The van der Waals surface area contributed by atoms with Crippen molar-refractivity contribution in [1.82, 2.24) is 0 Å². The number of rotatable bonds is 7. The molecule has 3 atom stereocenters. The van der Waals surface area contributed by atoms with Crippen LogP contribution in [0.5, 0.6) is 0 Å². The van der Waals surface area contributed by atoms with Crippen molar-refractivity contribution in [2.45, 2.75) is 58.2 Å². The molecule has 1 aromatic carbocycles. The summed E-state index contributed by atoms with van der Waals surface area (Å²) >= 11 is 0. The number of hydrogen-bond acceptors (Lipinski definition) is 3. The summed E-state index contributed by atoms with van der Waals surface area (Å²) in [6, 6.07) is 7.35. The molecule has 0 bridgehead atoms. The molecule has 2 N–H and O–H groups in total. The Hall–Kier alpha value is -1.88. The number of hydrogen-bond donors (Lipinski definition) is 2. The fraction of sp³-hybridized carbons (Fsp3) is 0.556. The number of carboxylic acid groups (broad SMARTS) is 1. The Labute approximate surface area is 137 Å². The molecule has 0 saturated carbocycles. The second-order valence-electron chi connectivity index (χ2n) is 6.37. The van der Waals surface area contributed by atoms with Crippen LogP contribution in [-0.2, 0) is 20.7 Å². The molecular weight excluding hydrogens is 294 g/mol. The first-order valence-corrected chi connectivity index (χ1v) is 8.21. The summed E-state index contributed by atoms with van der Waals surface area (Å²) in [5, 5.41) is 11.8. The molecule has 1 saturated heterocycles. The molecule has 3 unspecified atom stereocenters. The van der Waals surface area contributed by atoms with Crippen LogP contribution in [0.2, 0.25) is 0 Å². The van der Waals surface area contributed by atoms with Gasteiger partial charge in [0.2, 0.25) is 5.91 Å². The molecule has 1 amide bonds. The van der Waals surface area contributed by atoms with E-state index in [9.17, 15) is 9.59 Å². The molecule has 5 heteroatoms. The Balaban J connectivity index is 1.76. The SMILES string of the molecule is CC1CCC(CCC(=O)Nc2ccc(CC(C)C(=O)O)cc2)O1. The zero-order chi connectivity index (χ0) is 16.8. The van der Waals surface area contributed by atoms with E-state index in [1.807, 2.05) is 24.3 Å². The highest BCUT2D eigenvalue weighted by molar-refractivity contribution is 5.90. The molecule has 0 spiro atoms. The first-order chi connectivity index (χ1) is 10.9. The van der Waals surface area contributed by atoms with E-state index in [1.165, 1.54) is 0 Å². The molecule has 23 heavy (non-hydrogen) atoms. The summed E-state index contributed by atoms with van der Waals surface area (Å²) in [6.45, 7) is 3.75. The topological polar surface area (TPSA) is 75.6 Å². The Morgan fingerprint density at radius 1 is 1.30 bits per heavy atom. The molecule has 1 fully saturated rings. The minimum Gasteiger partial charge on any atom is -0.481 e. The Morgan fingerprint density at radius 3 is 2.57 bits per heavy atom. The van der Waals surface area contributed by atoms with Gasteiger partial charge < -0.3 is 15.2 Å². The number of benzene rings is 1. The standard InChI is InChI=1S/C18H25NO4/c1-12(18(21)22)11-14-4-6-15(7-5-14)19-17(20)10-9-16-8-3-13(2)23-16/h4-7,12-13,16H,3,8-11H2,1-2H3,(H,19,20)(H,21,22). The van der Waals surface area contributed by atoms with Crippen molar-refractivity contribution in [1.29, 1.82) is 0 Å². The smallest absolute Gasteiger partial charge is 0.306 e. The van der Waals surface area contributed by atoms with E-state index in [2.05, 4.69) is 12.2 Å². The predicted octanol–water partition coefficient (Wildman–Crippen LogP) is 3.24. The zero-order valence-electron chi connectivity index (χ0n) is 13.7. The third-order valence-electron chi connectivity index (χ3n) is 4.21. The molecule has 0 aliphatic carbocycles. The number of carboxylic acids is 1. The Kier molecular flexibility index (Phi) is 6.16. The molecule has 1 heterocycles. The molecular formula is C18H25NO4. The van der Waals surface area contributed by atoms with Crippen molar-refractivity contribution < 1.29 is 19.4 Å². The second-order valence-corrected chi connectivity index (χ2v) is 6.37. The lowest BCUT2D eigenvalue weighted by Crippen LogP contribution is -2.16. The van der Waals surface area contributed by atoms with Gasteiger partial charge in [-0.1, -0.05) is 19.1 Å². The number of ether oxygens (including phenoxy) is 1. The highest BCUT2D eigenvalue weighted by atomic mass is 16.5. The third kappa shape index (κ3) is 5.67. The number of anilines is 1. The minimum absolute atomic E-state index is 0.0141. The van der Waals surface area contributed by atoms with Crippen LogP contribution in [-0.4, -0.2) is 29.2 Å². The first-order valence-electron chi connectivity index (χ1n) is 8.21. The average molecular weight is 319 g/mol. The predicted molar refractivity (Wildman–Crippen MR) is 88.4 cm³/mol. The van der Waals surface area contributed by atoms with E-state index in [1.54, 1.807) is 6.92 Å². The van der Waals surface area contributed by atoms with Crippen LogP contribution < -0.4 is 5.32 Å². The van der Waals surface area contributed by atoms with Crippen LogP contribution in [0.25, 0.3) is 0 Å². The largest absolute Gasteiger partial charge is 0.481 e. The lowest BCUT2D eigenvalue weighted by atomic mass is 10.0. The summed E-state index contributed by atoms with van der Waals surface area (Å²) in [4.78, 5) is 22.8. The van der Waals surface area contributed by atoms with Gasteiger partial charge in [0.1, 0.15) is 0 Å². The van der Waals surface area contributed by atoms with E-state index in [-0.39, 0.29) is 12.0 Å². The van der Waals surface area contributed by atoms with Crippen molar-refractivity contribution >= 4 is 17.6 Å². The highest BCUT2D eigenvalue weighted by Crippen LogP contribution is 2.22. The minimum atomic E-state index is -0.800. The van der Waals surface area contributed by atoms with Crippen molar-refractivity contribution in [2.75, 3.05) is 5.32 Å². The van der Waals surface area contributed by atoms with Gasteiger partial charge in [-0.25, -0.2) is 0 Å². The van der Waals surface area contributed by atoms with Gasteiger partial charge in [-0.05, 0) is 50.3 Å². The van der Waals surface area contributed by atoms with Crippen LogP contribution in [0.1, 0.15) is 45.1 Å². The average Bonchev–Trinajstić information content (AvgIpc) is 2.92. The van der Waals surface area contributed by atoms with Crippen molar-refractivity contribution in [2.24, 2.45) is 5.92 Å². The second kappa shape index (κ2) is 8.11. The van der Waals surface area contributed by atoms with Gasteiger partial charge in [-0.3, -0.25) is 9.59 Å². The Bertz CT molecular complexity index is 540. The van der Waals surface area contributed by atoms with E-state index in [0.717, 1.165) is 30.5 Å². The van der Waals surface area contributed by atoms with Gasteiger partial charge >= 0.3 is 5.97 Å². The van der Waals surface area contributed by atoms with Crippen LogP contribution in [0.4, 0.5) is 5.69 Å². The van der Waals surface area contributed by atoms with Gasteiger partial charge in [-0.2, -0.15) is 0 Å². The molecule has 1 aliphatic heterocycles. The Morgan fingerprint density at radius 2 is 2.00 bits per heavy atom. The molecule has 0 radical (unpaired) electrons. The summed E-state index contributed by atoms with van der Waals surface area (Å²) in [7, 11) is 0. The van der Waals surface area contributed by atoms with E-state index in [0.29, 0.717) is 18.9 Å². The van der Waals surface area contributed by atoms with E-state index >= 15 is 0 Å². The monoisotopic (exact) mass is 319 g/mol. The van der Waals surface area contributed by atoms with Crippen molar-refractivity contribution in [3.05, 3.63) is 29.8 Å². The summed E-state index contributed by atoms with van der Waals surface area (Å²) in [5.41, 5.74) is 1.69. The fourth-order valence-electron chi connectivity index (χ4n) is 2.78.